The molecular formula is C45H29N3S. The van der Waals surface area contributed by atoms with E-state index in [1.165, 1.54) is 58.4 Å². The molecule has 0 fully saturated rings. The number of para-hydroxylation sites is 2. The molecule has 0 spiro atoms. The number of fused-ring (bicyclic) bond motifs is 8. The Morgan fingerprint density at radius 2 is 1.14 bits per heavy atom. The van der Waals surface area contributed by atoms with Gasteiger partial charge in [0.05, 0.1) is 15.7 Å². The van der Waals surface area contributed by atoms with E-state index < -0.39 is 0 Å². The van der Waals surface area contributed by atoms with Crippen molar-refractivity contribution in [1.82, 2.24) is 9.55 Å². The molecule has 7 aromatic carbocycles. The molecule has 4 heteroatoms. The first-order chi connectivity index (χ1) is 24.3. The summed E-state index contributed by atoms with van der Waals surface area (Å²) in [6, 6.07) is 61.0. The maximum absolute atomic E-state index is 5.15. The second-order valence-corrected chi connectivity index (χ2v) is 13.5. The van der Waals surface area contributed by atoms with Gasteiger partial charge in [0.2, 0.25) is 0 Å². The fourth-order valence-electron chi connectivity index (χ4n) is 7.36. The molecule has 0 N–H and O–H groups in total. The summed E-state index contributed by atoms with van der Waals surface area (Å²) < 4.78 is 4.84. The summed E-state index contributed by atoms with van der Waals surface area (Å²) in [6.07, 6.45) is 2.05. The topological polar surface area (TPSA) is 21.1 Å². The van der Waals surface area contributed by atoms with Crippen LogP contribution in [-0.4, -0.2) is 9.55 Å². The van der Waals surface area contributed by atoms with Crippen molar-refractivity contribution in [3.63, 3.8) is 0 Å². The summed E-state index contributed by atoms with van der Waals surface area (Å²) in [5.41, 5.74) is 7.97. The van der Waals surface area contributed by atoms with Crippen molar-refractivity contribution in [2.24, 2.45) is 0 Å². The predicted molar refractivity (Wildman–Crippen MR) is 209 cm³/mol. The number of rotatable bonds is 5. The van der Waals surface area contributed by atoms with E-state index in [1.807, 2.05) is 11.3 Å². The summed E-state index contributed by atoms with van der Waals surface area (Å²) >= 11 is 1.81. The molecule has 0 saturated carbocycles. The van der Waals surface area contributed by atoms with Crippen LogP contribution in [0.5, 0.6) is 0 Å². The average Bonchev–Trinajstić information content (AvgIpc) is 3.71. The number of hydrogen-bond donors (Lipinski definition) is 0. The van der Waals surface area contributed by atoms with Gasteiger partial charge in [-0.15, -0.1) is 11.3 Å². The Balaban J connectivity index is 1.22. The second-order valence-electron chi connectivity index (χ2n) is 12.4. The van der Waals surface area contributed by atoms with E-state index in [0.29, 0.717) is 0 Å². The Morgan fingerprint density at radius 3 is 1.98 bits per heavy atom. The van der Waals surface area contributed by atoms with E-state index in [0.717, 1.165) is 28.4 Å². The van der Waals surface area contributed by atoms with Crippen LogP contribution in [0.3, 0.4) is 0 Å². The minimum atomic E-state index is 0.884. The van der Waals surface area contributed by atoms with Crippen molar-refractivity contribution in [2.75, 3.05) is 4.90 Å². The van der Waals surface area contributed by atoms with Gasteiger partial charge < -0.3 is 4.57 Å². The number of anilines is 3. The SMILES string of the molecule is c1ccc(-c2ccc(N(c3ccc4c5ccccc5n(-c5ccccc5)c4c3)c3cc4c(cn3)sc3ccc5ccccc5c34)cc2)cc1. The molecular weight excluding hydrogens is 615 g/mol. The van der Waals surface area contributed by atoms with E-state index >= 15 is 0 Å². The zero-order chi connectivity index (χ0) is 32.3. The minimum Gasteiger partial charge on any atom is -0.309 e. The van der Waals surface area contributed by atoms with Crippen molar-refractivity contribution < 1.29 is 0 Å². The molecule has 3 heterocycles. The van der Waals surface area contributed by atoms with Crippen LogP contribution in [-0.2, 0) is 0 Å². The van der Waals surface area contributed by atoms with Gasteiger partial charge >= 0.3 is 0 Å². The molecule has 230 valence electrons. The van der Waals surface area contributed by atoms with Crippen molar-refractivity contribution >= 4 is 81.3 Å². The third-order valence-corrected chi connectivity index (χ3v) is 10.7. The van der Waals surface area contributed by atoms with Gasteiger partial charge in [0.1, 0.15) is 5.82 Å². The molecule has 0 radical (unpaired) electrons. The van der Waals surface area contributed by atoms with Gasteiger partial charge in [-0.1, -0.05) is 115 Å². The fourth-order valence-corrected chi connectivity index (χ4v) is 8.44. The summed E-state index contributed by atoms with van der Waals surface area (Å²) in [5.74, 6) is 0.884. The van der Waals surface area contributed by atoms with Crippen LogP contribution in [0.2, 0.25) is 0 Å². The number of pyridine rings is 1. The molecule has 0 atom stereocenters. The Hall–Kier alpha value is -6.23. The standard InChI is InChI=1S/C45H29N3S/c1-3-11-30(12-4-1)31-19-22-34(23-20-31)47(44-28-39-43(29-46-44)49-42-26-21-32-13-7-8-16-36(32)45(39)42)35-24-25-38-37-17-9-10-18-40(37)48(41(38)27-35)33-14-5-2-6-15-33/h1-29H. The van der Waals surface area contributed by atoms with Crippen LogP contribution in [0, 0.1) is 0 Å². The predicted octanol–water partition coefficient (Wildman–Crippen LogP) is 12.8. The Morgan fingerprint density at radius 1 is 0.469 bits per heavy atom. The lowest BCUT2D eigenvalue weighted by atomic mass is 10.0. The first-order valence-corrected chi connectivity index (χ1v) is 17.4. The molecule has 0 amide bonds. The van der Waals surface area contributed by atoms with Crippen LogP contribution in [0.4, 0.5) is 17.2 Å². The van der Waals surface area contributed by atoms with Gasteiger partial charge in [-0.25, -0.2) is 4.98 Å². The molecule has 10 rings (SSSR count). The molecule has 0 saturated heterocycles. The quantitative estimate of drug-likeness (QED) is 0.186. The smallest absolute Gasteiger partial charge is 0.138 e. The number of benzene rings is 7. The summed E-state index contributed by atoms with van der Waals surface area (Å²) in [5, 5.41) is 7.51. The van der Waals surface area contributed by atoms with Crippen LogP contribution in [0.1, 0.15) is 0 Å². The summed E-state index contributed by atoms with van der Waals surface area (Å²) in [7, 11) is 0. The molecule has 0 aliphatic carbocycles. The minimum absolute atomic E-state index is 0.884. The third-order valence-electron chi connectivity index (χ3n) is 9.62. The second kappa shape index (κ2) is 11.2. The van der Waals surface area contributed by atoms with Crippen LogP contribution in [0.15, 0.2) is 176 Å². The maximum Gasteiger partial charge on any atom is 0.138 e. The Kier molecular flexibility index (Phi) is 6.36. The molecule has 0 aliphatic heterocycles. The van der Waals surface area contributed by atoms with Gasteiger partial charge in [-0.3, -0.25) is 4.90 Å². The lowest BCUT2D eigenvalue weighted by molar-refractivity contribution is 1.17. The van der Waals surface area contributed by atoms with Crippen LogP contribution in [0.25, 0.3) is 69.6 Å². The Labute approximate surface area is 287 Å². The zero-order valence-corrected chi connectivity index (χ0v) is 27.3. The molecule has 0 aliphatic rings. The van der Waals surface area contributed by atoms with Crippen molar-refractivity contribution in [3.8, 4) is 16.8 Å². The van der Waals surface area contributed by atoms with Gasteiger partial charge in [0.15, 0.2) is 0 Å². The molecule has 0 unspecified atom stereocenters. The normalized spacial score (nSPS) is 11.7. The van der Waals surface area contributed by atoms with E-state index in [9.17, 15) is 0 Å². The van der Waals surface area contributed by atoms with E-state index in [2.05, 4.69) is 186 Å². The van der Waals surface area contributed by atoms with Gasteiger partial charge in [-0.2, -0.15) is 0 Å². The Bertz CT molecular complexity index is 2820. The molecule has 49 heavy (non-hydrogen) atoms. The van der Waals surface area contributed by atoms with Gasteiger partial charge in [-0.05, 0) is 76.5 Å². The first-order valence-electron chi connectivity index (χ1n) is 16.5. The lowest BCUT2D eigenvalue weighted by Crippen LogP contribution is -2.11. The highest BCUT2D eigenvalue weighted by atomic mass is 32.1. The highest BCUT2D eigenvalue weighted by Crippen LogP contribution is 2.43. The van der Waals surface area contributed by atoms with Crippen molar-refractivity contribution in [1.29, 1.82) is 0 Å². The number of hydrogen-bond acceptors (Lipinski definition) is 3. The van der Waals surface area contributed by atoms with Crippen LogP contribution < -0.4 is 4.90 Å². The average molecular weight is 644 g/mol. The zero-order valence-electron chi connectivity index (χ0n) is 26.5. The van der Waals surface area contributed by atoms with E-state index in [-0.39, 0.29) is 0 Å². The molecule has 3 aromatic heterocycles. The van der Waals surface area contributed by atoms with Gasteiger partial charge in [0.25, 0.3) is 0 Å². The summed E-state index contributed by atoms with van der Waals surface area (Å²) in [4.78, 5) is 7.45. The fraction of sp³-hybridized carbons (Fsp3) is 0. The van der Waals surface area contributed by atoms with E-state index in [1.54, 1.807) is 0 Å². The van der Waals surface area contributed by atoms with Crippen LogP contribution >= 0.6 is 11.3 Å². The molecule has 3 nitrogen and oxygen atoms in total. The highest BCUT2D eigenvalue weighted by Gasteiger charge is 2.20. The summed E-state index contributed by atoms with van der Waals surface area (Å²) in [6.45, 7) is 0. The number of nitrogens with zero attached hydrogens (tertiary/aromatic N) is 3. The number of thiophene rings is 1. The largest absolute Gasteiger partial charge is 0.309 e. The maximum atomic E-state index is 5.15. The van der Waals surface area contributed by atoms with Crippen molar-refractivity contribution in [3.05, 3.63) is 176 Å². The molecule has 0 bridgehead atoms. The lowest BCUT2D eigenvalue weighted by Gasteiger charge is -2.25. The highest BCUT2D eigenvalue weighted by molar-refractivity contribution is 7.26. The molecule has 10 aromatic rings. The number of aromatic nitrogens is 2. The van der Waals surface area contributed by atoms with Gasteiger partial charge in [0, 0.05) is 49.5 Å². The monoisotopic (exact) mass is 643 g/mol. The third kappa shape index (κ3) is 4.53. The van der Waals surface area contributed by atoms with Crippen molar-refractivity contribution in [2.45, 2.75) is 0 Å². The van der Waals surface area contributed by atoms with E-state index in [4.69, 9.17) is 4.98 Å². The first kappa shape index (κ1) is 27.8.